The molecule has 7 heteroatoms. The molecule has 3 aromatic rings. The number of carbonyl (C=O) groups is 1. The van der Waals surface area contributed by atoms with Gasteiger partial charge in [-0.15, -0.1) is 0 Å². The van der Waals surface area contributed by atoms with E-state index in [4.69, 9.17) is 9.47 Å². The minimum Gasteiger partial charge on any atom is -0.496 e. The van der Waals surface area contributed by atoms with Gasteiger partial charge in [0.1, 0.15) is 11.5 Å². The molecule has 1 N–H and O–H groups in total. The van der Waals surface area contributed by atoms with Crippen LogP contribution in [0.4, 0.5) is 0 Å². The zero-order chi connectivity index (χ0) is 20.6. The van der Waals surface area contributed by atoms with Crippen LogP contribution in [0.15, 0.2) is 65.5 Å². The van der Waals surface area contributed by atoms with Gasteiger partial charge in [0.05, 0.1) is 31.5 Å². The molecule has 0 unspecified atom stereocenters. The molecule has 1 heterocycles. The Kier molecular flexibility index (Phi) is 6.63. The first-order valence-electron chi connectivity index (χ1n) is 9.35. The number of benzene rings is 2. The van der Waals surface area contributed by atoms with E-state index in [-0.39, 0.29) is 24.6 Å². The van der Waals surface area contributed by atoms with Crippen LogP contribution >= 0.6 is 0 Å². The molecule has 0 aliphatic carbocycles. The number of amides is 1. The molecule has 7 nitrogen and oxygen atoms in total. The van der Waals surface area contributed by atoms with E-state index in [1.807, 2.05) is 31.2 Å². The Morgan fingerprint density at radius 3 is 2.55 bits per heavy atom. The van der Waals surface area contributed by atoms with Crippen molar-refractivity contribution in [2.75, 3.05) is 20.3 Å². The van der Waals surface area contributed by atoms with E-state index in [0.717, 1.165) is 11.3 Å². The smallest absolute Gasteiger partial charge is 0.266 e. The standard InChI is InChI=1S/C22H23N3O4/c1-3-29-17-10-8-16(9-11-17)19-12-13-21(26)25(24-19)15-14-23-22(27)18-6-4-5-7-20(18)28-2/h4-13H,3,14-15H2,1-2H3,(H,23,27). The van der Waals surface area contributed by atoms with Gasteiger partial charge in [0, 0.05) is 18.2 Å². The third kappa shape index (κ3) is 5.01. The zero-order valence-electron chi connectivity index (χ0n) is 16.4. The Labute approximate surface area is 168 Å². The Bertz CT molecular complexity index is 1030. The van der Waals surface area contributed by atoms with Gasteiger partial charge in [-0.25, -0.2) is 4.68 Å². The summed E-state index contributed by atoms with van der Waals surface area (Å²) in [5.41, 5.74) is 1.76. The summed E-state index contributed by atoms with van der Waals surface area (Å²) in [5, 5.41) is 7.20. The fourth-order valence-electron chi connectivity index (χ4n) is 2.85. The van der Waals surface area contributed by atoms with Gasteiger partial charge in [0.15, 0.2) is 0 Å². The molecular formula is C22H23N3O4. The highest BCUT2D eigenvalue weighted by Gasteiger charge is 2.11. The van der Waals surface area contributed by atoms with Crippen LogP contribution < -0.4 is 20.3 Å². The molecule has 0 spiro atoms. The van der Waals surface area contributed by atoms with Crippen molar-refractivity contribution in [3.05, 3.63) is 76.6 Å². The molecule has 1 amide bonds. The molecule has 0 aliphatic heterocycles. The van der Waals surface area contributed by atoms with Gasteiger partial charge in [-0.3, -0.25) is 9.59 Å². The van der Waals surface area contributed by atoms with Crippen molar-refractivity contribution in [2.45, 2.75) is 13.5 Å². The maximum Gasteiger partial charge on any atom is 0.266 e. The van der Waals surface area contributed by atoms with Crippen molar-refractivity contribution in [1.29, 1.82) is 0 Å². The van der Waals surface area contributed by atoms with E-state index in [2.05, 4.69) is 10.4 Å². The number of hydrogen-bond acceptors (Lipinski definition) is 5. The van der Waals surface area contributed by atoms with Crippen LogP contribution in [0.1, 0.15) is 17.3 Å². The van der Waals surface area contributed by atoms with E-state index >= 15 is 0 Å². The molecule has 150 valence electrons. The quantitative estimate of drug-likeness (QED) is 0.636. The second-order valence-corrected chi connectivity index (χ2v) is 6.19. The number of hydrogen-bond donors (Lipinski definition) is 1. The number of methoxy groups -OCH3 is 1. The molecule has 2 aromatic carbocycles. The van der Waals surface area contributed by atoms with Gasteiger partial charge in [0.2, 0.25) is 0 Å². The number of ether oxygens (including phenoxy) is 2. The molecule has 0 atom stereocenters. The van der Waals surface area contributed by atoms with Gasteiger partial charge in [-0.1, -0.05) is 12.1 Å². The van der Waals surface area contributed by atoms with Crippen LogP contribution in [-0.2, 0) is 6.54 Å². The van der Waals surface area contributed by atoms with Crippen LogP contribution in [0, 0.1) is 0 Å². The SMILES string of the molecule is CCOc1ccc(-c2ccc(=O)n(CCNC(=O)c3ccccc3OC)n2)cc1. The Balaban J connectivity index is 1.67. The van der Waals surface area contributed by atoms with Crippen LogP contribution in [0.2, 0.25) is 0 Å². The molecule has 0 radical (unpaired) electrons. The number of rotatable bonds is 8. The maximum atomic E-state index is 12.4. The van der Waals surface area contributed by atoms with Crippen molar-refractivity contribution in [1.82, 2.24) is 15.1 Å². The second-order valence-electron chi connectivity index (χ2n) is 6.19. The summed E-state index contributed by atoms with van der Waals surface area (Å²) < 4.78 is 12.0. The van der Waals surface area contributed by atoms with Crippen LogP contribution in [-0.4, -0.2) is 35.9 Å². The maximum absolute atomic E-state index is 12.4. The van der Waals surface area contributed by atoms with E-state index in [1.54, 1.807) is 30.3 Å². The summed E-state index contributed by atoms with van der Waals surface area (Å²) in [6.07, 6.45) is 0. The lowest BCUT2D eigenvalue weighted by Gasteiger charge is -2.10. The summed E-state index contributed by atoms with van der Waals surface area (Å²) in [5.74, 6) is 1.01. The van der Waals surface area contributed by atoms with Crippen molar-refractivity contribution < 1.29 is 14.3 Å². The third-order valence-corrected chi connectivity index (χ3v) is 4.29. The van der Waals surface area contributed by atoms with E-state index in [1.165, 1.54) is 17.9 Å². The number of carbonyl (C=O) groups excluding carboxylic acids is 1. The fourth-order valence-corrected chi connectivity index (χ4v) is 2.85. The molecule has 0 bridgehead atoms. The van der Waals surface area contributed by atoms with E-state index in [9.17, 15) is 9.59 Å². The van der Waals surface area contributed by atoms with Crippen LogP contribution in [0.3, 0.4) is 0 Å². The van der Waals surface area contributed by atoms with E-state index < -0.39 is 0 Å². The van der Waals surface area contributed by atoms with Crippen molar-refractivity contribution in [3.63, 3.8) is 0 Å². The Morgan fingerprint density at radius 2 is 1.83 bits per heavy atom. The van der Waals surface area contributed by atoms with Crippen molar-refractivity contribution in [2.24, 2.45) is 0 Å². The molecular weight excluding hydrogens is 370 g/mol. The summed E-state index contributed by atoms with van der Waals surface area (Å²) >= 11 is 0. The summed E-state index contributed by atoms with van der Waals surface area (Å²) in [6, 6.07) is 17.6. The summed E-state index contributed by atoms with van der Waals surface area (Å²) in [7, 11) is 1.52. The minimum absolute atomic E-state index is 0.230. The molecule has 29 heavy (non-hydrogen) atoms. The van der Waals surface area contributed by atoms with Gasteiger partial charge in [-0.2, -0.15) is 5.10 Å². The molecule has 0 aliphatic rings. The van der Waals surface area contributed by atoms with Crippen molar-refractivity contribution in [3.8, 4) is 22.8 Å². The predicted molar refractivity (Wildman–Crippen MR) is 110 cm³/mol. The molecule has 0 fully saturated rings. The lowest BCUT2D eigenvalue weighted by atomic mass is 10.1. The van der Waals surface area contributed by atoms with Gasteiger partial charge in [-0.05, 0) is 49.4 Å². The number of aromatic nitrogens is 2. The first-order chi connectivity index (χ1) is 14.1. The largest absolute Gasteiger partial charge is 0.496 e. The number of nitrogens with zero attached hydrogens (tertiary/aromatic N) is 2. The molecule has 0 saturated carbocycles. The third-order valence-electron chi connectivity index (χ3n) is 4.29. The topological polar surface area (TPSA) is 82.5 Å². The normalized spacial score (nSPS) is 10.4. The average Bonchev–Trinajstić information content (AvgIpc) is 2.75. The summed E-state index contributed by atoms with van der Waals surface area (Å²) in [6.45, 7) is 3.04. The Morgan fingerprint density at radius 1 is 1.07 bits per heavy atom. The van der Waals surface area contributed by atoms with Gasteiger partial charge >= 0.3 is 0 Å². The van der Waals surface area contributed by atoms with Crippen molar-refractivity contribution >= 4 is 5.91 Å². The predicted octanol–water partition coefficient (Wildman–Crippen LogP) is 2.75. The highest BCUT2D eigenvalue weighted by atomic mass is 16.5. The first kappa shape index (κ1) is 20.1. The highest BCUT2D eigenvalue weighted by Crippen LogP contribution is 2.20. The minimum atomic E-state index is -0.266. The molecule has 3 rings (SSSR count). The molecule has 1 aromatic heterocycles. The van der Waals surface area contributed by atoms with Crippen LogP contribution in [0.5, 0.6) is 11.5 Å². The first-order valence-corrected chi connectivity index (χ1v) is 9.35. The lowest BCUT2D eigenvalue weighted by Crippen LogP contribution is -2.32. The lowest BCUT2D eigenvalue weighted by molar-refractivity contribution is 0.0948. The van der Waals surface area contributed by atoms with E-state index in [0.29, 0.717) is 23.6 Å². The van der Waals surface area contributed by atoms with Gasteiger partial charge < -0.3 is 14.8 Å². The highest BCUT2D eigenvalue weighted by molar-refractivity contribution is 5.96. The molecule has 0 saturated heterocycles. The summed E-state index contributed by atoms with van der Waals surface area (Å²) in [4.78, 5) is 24.5. The van der Waals surface area contributed by atoms with Crippen LogP contribution in [0.25, 0.3) is 11.3 Å². The number of para-hydroxylation sites is 1. The number of nitrogens with one attached hydrogen (secondary N) is 1. The second kappa shape index (κ2) is 9.54. The van der Waals surface area contributed by atoms with Gasteiger partial charge in [0.25, 0.3) is 11.5 Å². The monoisotopic (exact) mass is 393 g/mol. The fraction of sp³-hybridized carbons (Fsp3) is 0.227. The average molecular weight is 393 g/mol. The Hall–Kier alpha value is -3.61. The zero-order valence-corrected chi connectivity index (χ0v) is 16.4.